The lowest BCUT2D eigenvalue weighted by atomic mass is 9.94. The molecular formula is C21H30N6O3S. The summed E-state index contributed by atoms with van der Waals surface area (Å²) in [5.41, 5.74) is 0.863. The Balaban J connectivity index is 1.67. The van der Waals surface area contributed by atoms with Crippen LogP contribution in [0.5, 0.6) is 0 Å². The van der Waals surface area contributed by atoms with Crippen LogP contribution in [0.25, 0.3) is 0 Å². The van der Waals surface area contributed by atoms with E-state index in [4.69, 9.17) is 0 Å². The third-order valence-electron chi connectivity index (χ3n) is 6.18. The fourth-order valence-corrected chi connectivity index (χ4v) is 6.21. The van der Waals surface area contributed by atoms with Crippen molar-refractivity contribution in [3.8, 4) is 0 Å². The monoisotopic (exact) mass is 446 g/mol. The number of amides is 1. The van der Waals surface area contributed by atoms with Gasteiger partial charge >= 0.3 is 0 Å². The summed E-state index contributed by atoms with van der Waals surface area (Å²) in [5, 5.41) is 7.14. The molecule has 1 saturated heterocycles. The number of aromatic nitrogens is 4. The van der Waals surface area contributed by atoms with Crippen molar-refractivity contribution in [2.45, 2.75) is 75.3 Å². The molecule has 168 valence electrons. The summed E-state index contributed by atoms with van der Waals surface area (Å²) < 4.78 is 29.7. The lowest BCUT2D eigenvalue weighted by molar-refractivity contribution is 0.0923. The van der Waals surface area contributed by atoms with E-state index >= 15 is 0 Å². The van der Waals surface area contributed by atoms with Crippen LogP contribution < -0.4 is 5.32 Å². The van der Waals surface area contributed by atoms with Crippen molar-refractivity contribution < 1.29 is 13.2 Å². The summed E-state index contributed by atoms with van der Waals surface area (Å²) in [6.07, 6.45) is 12.0. The van der Waals surface area contributed by atoms with Crippen LogP contribution in [0.4, 0.5) is 0 Å². The van der Waals surface area contributed by atoms with Crippen LogP contribution in [0.2, 0.25) is 0 Å². The maximum atomic E-state index is 13.4. The van der Waals surface area contributed by atoms with Gasteiger partial charge in [0.25, 0.3) is 5.91 Å². The van der Waals surface area contributed by atoms with E-state index in [9.17, 15) is 13.2 Å². The topological polar surface area (TPSA) is 110 Å². The molecule has 1 aliphatic carbocycles. The van der Waals surface area contributed by atoms with Gasteiger partial charge in [-0.15, -0.1) is 0 Å². The van der Waals surface area contributed by atoms with Crippen LogP contribution in [-0.2, 0) is 17.1 Å². The Morgan fingerprint density at radius 3 is 2.55 bits per heavy atom. The summed E-state index contributed by atoms with van der Waals surface area (Å²) in [4.78, 5) is 22.1. The van der Waals surface area contributed by atoms with Crippen LogP contribution >= 0.6 is 0 Å². The van der Waals surface area contributed by atoms with Crippen LogP contribution in [0.15, 0.2) is 23.5 Å². The summed E-state index contributed by atoms with van der Waals surface area (Å²) >= 11 is 0. The van der Waals surface area contributed by atoms with E-state index < -0.39 is 16.1 Å². The highest BCUT2D eigenvalue weighted by molar-refractivity contribution is 7.89. The number of hydrogen-bond acceptors (Lipinski definition) is 6. The highest BCUT2D eigenvalue weighted by Gasteiger charge is 2.38. The molecule has 4 rings (SSSR count). The van der Waals surface area contributed by atoms with Gasteiger partial charge in [0, 0.05) is 32.0 Å². The third kappa shape index (κ3) is 4.64. The number of carbonyl (C=O) groups is 1. The zero-order valence-electron chi connectivity index (χ0n) is 18.1. The van der Waals surface area contributed by atoms with E-state index in [-0.39, 0.29) is 16.8 Å². The molecule has 1 aliphatic heterocycles. The Kier molecular flexibility index (Phi) is 6.38. The number of piperidine rings is 1. The largest absolute Gasteiger partial charge is 0.349 e. The molecule has 2 aliphatic rings. The first-order chi connectivity index (χ1) is 14.9. The number of rotatable bonds is 5. The van der Waals surface area contributed by atoms with Crippen molar-refractivity contribution in [2.75, 3.05) is 6.54 Å². The van der Waals surface area contributed by atoms with Gasteiger partial charge in [-0.05, 0) is 32.6 Å². The van der Waals surface area contributed by atoms with Gasteiger partial charge in [0.1, 0.15) is 10.7 Å². The number of hydrogen-bond donors (Lipinski definition) is 1. The first-order valence-electron chi connectivity index (χ1n) is 11.0. The van der Waals surface area contributed by atoms with Crippen LogP contribution in [0.1, 0.15) is 79.3 Å². The van der Waals surface area contributed by atoms with Crippen LogP contribution in [0, 0.1) is 6.92 Å². The van der Waals surface area contributed by atoms with Gasteiger partial charge in [-0.1, -0.05) is 25.7 Å². The van der Waals surface area contributed by atoms with Crippen molar-refractivity contribution >= 4 is 15.9 Å². The van der Waals surface area contributed by atoms with Crippen molar-refractivity contribution in [1.29, 1.82) is 0 Å². The predicted octanol–water partition coefficient (Wildman–Crippen LogP) is 2.50. The zero-order chi connectivity index (χ0) is 22.0. The fraction of sp³-hybridized carbons (Fsp3) is 0.619. The molecule has 10 heteroatoms. The van der Waals surface area contributed by atoms with Gasteiger partial charge in [-0.3, -0.25) is 9.48 Å². The van der Waals surface area contributed by atoms with E-state index in [2.05, 4.69) is 20.4 Å². The van der Waals surface area contributed by atoms with Gasteiger partial charge in [0.2, 0.25) is 10.0 Å². The minimum absolute atomic E-state index is 0.150. The summed E-state index contributed by atoms with van der Waals surface area (Å²) in [5.74, 6) is 0.305. The minimum Gasteiger partial charge on any atom is -0.349 e. The van der Waals surface area contributed by atoms with E-state index in [0.717, 1.165) is 38.5 Å². The first kappa shape index (κ1) is 21.9. The molecule has 1 atom stereocenters. The average molecular weight is 447 g/mol. The second-order valence-corrected chi connectivity index (χ2v) is 10.4. The molecule has 3 heterocycles. The Bertz CT molecular complexity index is 1050. The molecule has 0 spiro atoms. The first-order valence-corrected chi connectivity index (χ1v) is 12.4. The Morgan fingerprint density at radius 1 is 1.10 bits per heavy atom. The normalized spacial score (nSPS) is 21.2. The second kappa shape index (κ2) is 9.04. The van der Waals surface area contributed by atoms with Gasteiger partial charge < -0.3 is 5.32 Å². The van der Waals surface area contributed by atoms with Crippen molar-refractivity contribution in [1.82, 2.24) is 29.4 Å². The standard InChI is InChI=1S/C21H30N6O3S/c1-15-22-13-18(21(28)25-16-8-4-3-5-9-16)20(24-15)19-10-6-7-11-27(19)31(29,30)17-12-23-26(2)14-17/h12-14,16,19H,3-11H2,1-2H3,(H,25,28)/t19-/m0/s1. The molecule has 9 nitrogen and oxygen atoms in total. The van der Waals surface area contributed by atoms with E-state index in [0.29, 0.717) is 30.0 Å². The maximum absolute atomic E-state index is 13.4. The van der Waals surface area contributed by atoms with Crippen molar-refractivity contribution in [2.24, 2.45) is 7.05 Å². The molecular weight excluding hydrogens is 416 g/mol. The molecule has 31 heavy (non-hydrogen) atoms. The van der Waals surface area contributed by atoms with Crippen molar-refractivity contribution in [3.05, 3.63) is 35.7 Å². The molecule has 0 aromatic carbocycles. The summed E-state index contributed by atoms with van der Waals surface area (Å²) in [7, 11) is -2.07. The fourth-order valence-electron chi connectivity index (χ4n) is 4.56. The smallest absolute Gasteiger partial charge is 0.254 e. The average Bonchev–Trinajstić information content (AvgIpc) is 3.21. The maximum Gasteiger partial charge on any atom is 0.254 e. The molecule has 2 aromatic heterocycles. The molecule has 0 radical (unpaired) electrons. The van der Waals surface area contributed by atoms with Gasteiger partial charge in [-0.2, -0.15) is 9.40 Å². The quantitative estimate of drug-likeness (QED) is 0.756. The third-order valence-corrected chi connectivity index (χ3v) is 8.04. The number of aryl methyl sites for hydroxylation is 2. The molecule has 1 amide bonds. The van der Waals surface area contributed by atoms with E-state index in [1.165, 1.54) is 27.8 Å². The Hall–Kier alpha value is -2.33. The molecule has 0 unspecified atom stereocenters. The SMILES string of the molecule is Cc1ncc(C(=O)NC2CCCCC2)c([C@@H]2CCCCN2S(=O)(=O)c2cnn(C)c2)n1. The minimum atomic E-state index is -3.76. The molecule has 1 saturated carbocycles. The van der Waals surface area contributed by atoms with Crippen LogP contribution in [0.3, 0.4) is 0 Å². The number of sulfonamides is 1. The number of nitrogens with zero attached hydrogens (tertiary/aromatic N) is 5. The molecule has 0 bridgehead atoms. The highest BCUT2D eigenvalue weighted by Crippen LogP contribution is 2.36. The second-order valence-electron chi connectivity index (χ2n) is 8.50. The van der Waals surface area contributed by atoms with Gasteiger partial charge in [0.15, 0.2) is 0 Å². The summed E-state index contributed by atoms with van der Waals surface area (Å²) in [6, 6.07) is -0.357. The van der Waals surface area contributed by atoms with E-state index in [1.807, 2.05) is 0 Å². The highest BCUT2D eigenvalue weighted by atomic mass is 32.2. The zero-order valence-corrected chi connectivity index (χ0v) is 18.9. The molecule has 2 aromatic rings. The number of carbonyl (C=O) groups excluding carboxylic acids is 1. The Morgan fingerprint density at radius 2 is 1.84 bits per heavy atom. The molecule has 1 N–H and O–H groups in total. The van der Waals surface area contributed by atoms with E-state index in [1.54, 1.807) is 20.2 Å². The summed E-state index contributed by atoms with van der Waals surface area (Å²) in [6.45, 7) is 2.14. The lowest BCUT2D eigenvalue weighted by Crippen LogP contribution is -2.41. The Labute approximate surface area is 183 Å². The van der Waals surface area contributed by atoms with Gasteiger partial charge in [-0.25, -0.2) is 18.4 Å². The van der Waals surface area contributed by atoms with Gasteiger partial charge in [0.05, 0.1) is 23.5 Å². The van der Waals surface area contributed by atoms with Crippen LogP contribution in [-0.4, -0.2) is 51.0 Å². The van der Waals surface area contributed by atoms with Crippen molar-refractivity contribution in [3.63, 3.8) is 0 Å². The predicted molar refractivity (Wildman–Crippen MR) is 115 cm³/mol. The number of nitrogens with one attached hydrogen (secondary N) is 1. The lowest BCUT2D eigenvalue weighted by Gasteiger charge is -2.34. The molecule has 2 fully saturated rings.